The molecule has 1 aliphatic carbocycles. The van der Waals surface area contributed by atoms with Crippen molar-refractivity contribution in [1.29, 1.82) is 0 Å². The van der Waals surface area contributed by atoms with E-state index in [9.17, 15) is 9.59 Å². The fraction of sp³-hybridized carbons (Fsp3) is 0.692. The van der Waals surface area contributed by atoms with Gasteiger partial charge in [0.05, 0.1) is 5.92 Å². The van der Waals surface area contributed by atoms with Crippen LogP contribution < -0.4 is 5.32 Å². The molecule has 0 aromatic rings. The van der Waals surface area contributed by atoms with Gasteiger partial charge in [0.2, 0.25) is 5.91 Å². The third kappa shape index (κ3) is 4.90. The first-order chi connectivity index (χ1) is 8.13. The summed E-state index contributed by atoms with van der Waals surface area (Å²) in [7, 11) is 0. The summed E-state index contributed by atoms with van der Waals surface area (Å²) in [4.78, 5) is 22.3. The monoisotopic (exact) mass is 237 g/mol. The first-order valence-electron chi connectivity index (χ1n) is 6.09. The number of carboxylic acids is 1. The van der Waals surface area contributed by atoms with Crippen molar-refractivity contribution in [3.05, 3.63) is 0 Å². The first-order valence-corrected chi connectivity index (χ1v) is 6.09. The van der Waals surface area contributed by atoms with E-state index in [1.807, 2.05) is 0 Å². The van der Waals surface area contributed by atoms with Gasteiger partial charge in [0.1, 0.15) is 0 Å². The van der Waals surface area contributed by atoms with Gasteiger partial charge in [-0.05, 0) is 32.1 Å². The summed E-state index contributed by atoms with van der Waals surface area (Å²) in [6, 6.07) is 0.0382. The third-order valence-corrected chi connectivity index (χ3v) is 3.12. The number of unbranched alkanes of at least 4 members (excludes halogenated alkanes) is 2. The molecular formula is C13H19NO3. The Labute approximate surface area is 102 Å². The lowest BCUT2D eigenvalue weighted by atomic mass is 10.1. The number of nitrogens with one attached hydrogen (secondary N) is 1. The van der Waals surface area contributed by atoms with Crippen molar-refractivity contribution in [3.8, 4) is 12.3 Å². The SMILES string of the molecule is C#CCCCCC(=O)N[C@H]1CC[C@@H](C(=O)O)C1. The quantitative estimate of drug-likeness (QED) is 0.544. The van der Waals surface area contributed by atoms with E-state index in [-0.39, 0.29) is 17.9 Å². The molecule has 17 heavy (non-hydrogen) atoms. The van der Waals surface area contributed by atoms with E-state index in [1.54, 1.807) is 0 Å². The van der Waals surface area contributed by atoms with Gasteiger partial charge < -0.3 is 10.4 Å². The van der Waals surface area contributed by atoms with E-state index < -0.39 is 5.97 Å². The van der Waals surface area contributed by atoms with Gasteiger partial charge in [-0.3, -0.25) is 9.59 Å². The molecule has 0 aromatic carbocycles. The summed E-state index contributed by atoms with van der Waals surface area (Å²) in [6.45, 7) is 0. The summed E-state index contributed by atoms with van der Waals surface area (Å²) in [5, 5.41) is 11.7. The number of amides is 1. The standard InChI is InChI=1S/C13H19NO3/c1-2-3-4-5-6-12(15)14-11-8-7-10(9-11)13(16)17/h1,10-11H,3-9H2,(H,14,15)(H,16,17)/t10-,11+/m1/s1. The zero-order valence-electron chi connectivity index (χ0n) is 9.95. The number of aliphatic carboxylic acids is 1. The molecule has 4 heteroatoms. The van der Waals surface area contributed by atoms with Gasteiger partial charge in [0.25, 0.3) is 0 Å². The van der Waals surface area contributed by atoms with Crippen LogP contribution >= 0.6 is 0 Å². The molecule has 0 saturated heterocycles. The fourth-order valence-corrected chi connectivity index (χ4v) is 2.15. The van der Waals surface area contributed by atoms with Gasteiger partial charge in [-0.15, -0.1) is 12.3 Å². The van der Waals surface area contributed by atoms with Crippen LogP contribution in [0, 0.1) is 18.3 Å². The molecule has 1 amide bonds. The van der Waals surface area contributed by atoms with Crippen LogP contribution in [0.4, 0.5) is 0 Å². The first kappa shape index (κ1) is 13.6. The number of hydrogen-bond acceptors (Lipinski definition) is 2. The average Bonchev–Trinajstić information content (AvgIpc) is 2.73. The Balaban J connectivity index is 2.15. The largest absolute Gasteiger partial charge is 0.481 e. The molecule has 1 rings (SSSR count). The molecular weight excluding hydrogens is 218 g/mol. The van der Waals surface area contributed by atoms with Crippen molar-refractivity contribution in [2.75, 3.05) is 0 Å². The molecule has 0 aliphatic heterocycles. The molecule has 2 atom stereocenters. The highest BCUT2D eigenvalue weighted by Crippen LogP contribution is 2.25. The Morgan fingerprint density at radius 1 is 1.35 bits per heavy atom. The normalized spacial score (nSPS) is 23.0. The highest BCUT2D eigenvalue weighted by atomic mass is 16.4. The lowest BCUT2D eigenvalue weighted by Crippen LogP contribution is -2.33. The molecule has 1 aliphatic rings. The van der Waals surface area contributed by atoms with Crippen molar-refractivity contribution >= 4 is 11.9 Å². The molecule has 2 N–H and O–H groups in total. The Bertz CT molecular complexity index is 319. The summed E-state index contributed by atoms with van der Waals surface area (Å²) >= 11 is 0. The highest BCUT2D eigenvalue weighted by molar-refractivity contribution is 5.76. The van der Waals surface area contributed by atoms with Gasteiger partial charge >= 0.3 is 5.97 Å². The maximum atomic E-state index is 11.5. The van der Waals surface area contributed by atoms with Crippen LogP contribution in [0.2, 0.25) is 0 Å². The van der Waals surface area contributed by atoms with E-state index in [1.165, 1.54) is 0 Å². The number of carbonyl (C=O) groups is 2. The Hall–Kier alpha value is -1.50. The maximum Gasteiger partial charge on any atom is 0.306 e. The Kier molecular flexibility index (Phi) is 5.55. The van der Waals surface area contributed by atoms with Crippen LogP contribution in [0.5, 0.6) is 0 Å². The van der Waals surface area contributed by atoms with Gasteiger partial charge in [0, 0.05) is 18.9 Å². The zero-order chi connectivity index (χ0) is 12.7. The van der Waals surface area contributed by atoms with Crippen LogP contribution in [0.25, 0.3) is 0 Å². The van der Waals surface area contributed by atoms with E-state index >= 15 is 0 Å². The van der Waals surface area contributed by atoms with Crippen LogP contribution in [0.15, 0.2) is 0 Å². The number of rotatable bonds is 6. The molecule has 0 unspecified atom stereocenters. The minimum absolute atomic E-state index is 0.0121. The molecule has 94 valence electrons. The van der Waals surface area contributed by atoms with Crippen molar-refractivity contribution < 1.29 is 14.7 Å². The molecule has 0 spiro atoms. The van der Waals surface area contributed by atoms with Crippen LogP contribution in [0.1, 0.15) is 44.9 Å². The van der Waals surface area contributed by atoms with Crippen LogP contribution in [-0.2, 0) is 9.59 Å². The van der Waals surface area contributed by atoms with Crippen LogP contribution in [-0.4, -0.2) is 23.0 Å². The second-order valence-corrected chi connectivity index (χ2v) is 4.52. The summed E-state index contributed by atoms with van der Waals surface area (Å²) in [5.74, 6) is 1.50. The molecule has 0 heterocycles. The lowest BCUT2D eigenvalue weighted by Gasteiger charge is -2.12. The molecule has 0 aromatic heterocycles. The van der Waals surface area contributed by atoms with E-state index in [4.69, 9.17) is 11.5 Å². The van der Waals surface area contributed by atoms with Gasteiger partial charge in [-0.1, -0.05) is 0 Å². The lowest BCUT2D eigenvalue weighted by molar-refractivity contribution is -0.141. The number of carbonyl (C=O) groups excluding carboxylic acids is 1. The zero-order valence-corrected chi connectivity index (χ0v) is 9.95. The topological polar surface area (TPSA) is 66.4 Å². The minimum atomic E-state index is -0.754. The van der Waals surface area contributed by atoms with Crippen LogP contribution in [0.3, 0.4) is 0 Å². The van der Waals surface area contributed by atoms with E-state index in [2.05, 4.69) is 11.2 Å². The summed E-state index contributed by atoms with van der Waals surface area (Å²) in [6.07, 6.45) is 9.96. The minimum Gasteiger partial charge on any atom is -0.481 e. The highest BCUT2D eigenvalue weighted by Gasteiger charge is 2.30. The number of hydrogen-bond donors (Lipinski definition) is 2. The molecule has 0 radical (unpaired) electrons. The smallest absolute Gasteiger partial charge is 0.306 e. The van der Waals surface area contributed by atoms with Crippen molar-refractivity contribution in [2.24, 2.45) is 5.92 Å². The number of carboxylic acid groups (broad SMARTS) is 1. The average molecular weight is 237 g/mol. The maximum absolute atomic E-state index is 11.5. The molecule has 0 bridgehead atoms. The predicted octanol–water partition coefficient (Wildman–Crippen LogP) is 1.55. The summed E-state index contributed by atoms with van der Waals surface area (Å²) < 4.78 is 0. The summed E-state index contributed by atoms with van der Waals surface area (Å²) in [5.41, 5.74) is 0. The van der Waals surface area contributed by atoms with Gasteiger partial charge in [-0.2, -0.15) is 0 Å². The second kappa shape index (κ2) is 6.95. The molecule has 4 nitrogen and oxygen atoms in total. The van der Waals surface area contributed by atoms with Gasteiger partial charge in [0.15, 0.2) is 0 Å². The predicted molar refractivity (Wildman–Crippen MR) is 64.2 cm³/mol. The van der Waals surface area contributed by atoms with E-state index in [0.29, 0.717) is 25.7 Å². The van der Waals surface area contributed by atoms with Crippen molar-refractivity contribution in [3.63, 3.8) is 0 Å². The Morgan fingerprint density at radius 2 is 2.12 bits per heavy atom. The fourth-order valence-electron chi connectivity index (χ4n) is 2.15. The van der Waals surface area contributed by atoms with Gasteiger partial charge in [-0.25, -0.2) is 0 Å². The molecule has 1 fully saturated rings. The number of terminal acetylenes is 1. The Morgan fingerprint density at radius 3 is 2.71 bits per heavy atom. The van der Waals surface area contributed by atoms with Crippen molar-refractivity contribution in [1.82, 2.24) is 5.32 Å². The second-order valence-electron chi connectivity index (χ2n) is 4.52. The molecule has 1 saturated carbocycles. The van der Waals surface area contributed by atoms with Crippen molar-refractivity contribution in [2.45, 2.75) is 51.0 Å². The third-order valence-electron chi connectivity index (χ3n) is 3.12. The van der Waals surface area contributed by atoms with E-state index in [0.717, 1.165) is 19.3 Å².